The quantitative estimate of drug-likeness (QED) is 0.680. The van der Waals surface area contributed by atoms with Crippen LogP contribution < -0.4 is 21.1 Å². The van der Waals surface area contributed by atoms with Crippen LogP contribution in [0.15, 0.2) is 18.2 Å². The second kappa shape index (κ2) is 9.27. The lowest BCUT2D eigenvalue weighted by Crippen LogP contribution is -2.29. The minimum Gasteiger partial charge on any atom is -0.495 e. The van der Waals surface area contributed by atoms with Crippen molar-refractivity contribution in [2.75, 3.05) is 19.0 Å². The van der Waals surface area contributed by atoms with Gasteiger partial charge in [-0.15, -0.1) is 0 Å². The average molecular weight is 328 g/mol. The summed E-state index contributed by atoms with van der Waals surface area (Å²) < 4.78 is 5.14. The standard InChI is InChI=1S/C15H22ClN3O3/c1-10(17)3-6-14(20)18-8-7-15(21)19-12-9-11(16)4-5-13(12)22-2/h4-5,9-10H,3,6-8,17H2,1-2H3,(H,18,20)(H,19,21). The Hall–Kier alpha value is -1.79. The van der Waals surface area contributed by atoms with Crippen LogP contribution in [0.2, 0.25) is 5.02 Å². The van der Waals surface area contributed by atoms with Crippen molar-refractivity contribution >= 4 is 29.1 Å². The molecule has 0 aromatic heterocycles. The maximum Gasteiger partial charge on any atom is 0.226 e. The Labute approximate surface area is 135 Å². The zero-order chi connectivity index (χ0) is 16.5. The molecule has 1 atom stereocenters. The number of carbonyl (C=O) groups is 2. The molecule has 2 amide bonds. The molecule has 0 saturated heterocycles. The number of nitrogens with one attached hydrogen (secondary N) is 2. The summed E-state index contributed by atoms with van der Waals surface area (Å²) in [4.78, 5) is 23.4. The van der Waals surface area contributed by atoms with Gasteiger partial charge in [-0.05, 0) is 31.5 Å². The monoisotopic (exact) mass is 327 g/mol. The van der Waals surface area contributed by atoms with Crippen LogP contribution in [-0.4, -0.2) is 31.5 Å². The highest BCUT2D eigenvalue weighted by Crippen LogP contribution is 2.27. The third-order valence-electron chi connectivity index (χ3n) is 2.94. The first-order valence-corrected chi connectivity index (χ1v) is 7.46. The molecule has 0 saturated carbocycles. The molecule has 0 aliphatic rings. The normalized spacial score (nSPS) is 11.6. The van der Waals surface area contributed by atoms with Crippen LogP contribution in [0, 0.1) is 0 Å². The lowest BCUT2D eigenvalue weighted by molar-refractivity contribution is -0.121. The molecule has 0 fully saturated rings. The number of amides is 2. The highest BCUT2D eigenvalue weighted by Gasteiger charge is 2.09. The fourth-order valence-electron chi connectivity index (χ4n) is 1.75. The SMILES string of the molecule is COc1ccc(Cl)cc1NC(=O)CCNC(=O)CCC(C)N. The van der Waals surface area contributed by atoms with E-state index in [1.54, 1.807) is 18.2 Å². The second-order valence-electron chi connectivity index (χ2n) is 5.01. The first-order valence-electron chi connectivity index (χ1n) is 7.08. The predicted octanol–water partition coefficient (Wildman–Crippen LogP) is 1.92. The molecule has 0 aliphatic carbocycles. The fourth-order valence-corrected chi connectivity index (χ4v) is 1.93. The Bertz CT molecular complexity index is 521. The molecule has 0 aliphatic heterocycles. The van der Waals surface area contributed by atoms with E-state index in [1.165, 1.54) is 7.11 Å². The van der Waals surface area contributed by atoms with E-state index < -0.39 is 0 Å². The van der Waals surface area contributed by atoms with E-state index in [9.17, 15) is 9.59 Å². The Morgan fingerprint density at radius 3 is 2.68 bits per heavy atom. The van der Waals surface area contributed by atoms with Gasteiger partial charge in [-0.25, -0.2) is 0 Å². The maximum absolute atomic E-state index is 11.9. The van der Waals surface area contributed by atoms with Gasteiger partial charge < -0.3 is 21.1 Å². The van der Waals surface area contributed by atoms with Gasteiger partial charge in [-0.1, -0.05) is 11.6 Å². The maximum atomic E-state index is 11.9. The summed E-state index contributed by atoms with van der Waals surface area (Å²) in [6, 6.07) is 4.95. The third kappa shape index (κ3) is 6.78. The first-order chi connectivity index (χ1) is 10.4. The molecule has 122 valence electrons. The van der Waals surface area contributed by atoms with Crippen molar-refractivity contribution in [3.8, 4) is 5.75 Å². The summed E-state index contributed by atoms with van der Waals surface area (Å²) in [6.07, 6.45) is 1.15. The summed E-state index contributed by atoms with van der Waals surface area (Å²) in [5.41, 5.74) is 6.08. The molecular weight excluding hydrogens is 306 g/mol. The van der Waals surface area contributed by atoms with Crippen molar-refractivity contribution in [3.63, 3.8) is 0 Å². The number of ether oxygens (including phenoxy) is 1. The van der Waals surface area contributed by atoms with Crippen LogP contribution in [0.5, 0.6) is 5.75 Å². The number of anilines is 1. The lowest BCUT2D eigenvalue weighted by Gasteiger charge is -2.11. The van der Waals surface area contributed by atoms with Crippen LogP contribution in [-0.2, 0) is 9.59 Å². The predicted molar refractivity (Wildman–Crippen MR) is 87.1 cm³/mol. The zero-order valence-electron chi connectivity index (χ0n) is 12.8. The molecule has 6 nitrogen and oxygen atoms in total. The topological polar surface area (TPSA) is 93.5 Å². The molecular formula is C15H22ClN3O3. The van der Waals surface area contributed by atoms with Crippen LogP contribution in [0.3, 0.4) is 0 Å². The van der Waals surface area contributed by atoms with Gasteiger partial charge in [-0.2, -0.15) is 0 Å². The first kappa shape index (κ1) is 18.3. The largest absolute Gasteiger partial charge is 0.495 e. The second-order valence-corrected chi connectivity index (χ2v) is 5.45. The van der Waals surface area contributed by atoms with Gasteiger partial charge in [0.05, 0.1) is 12.8 Å². The van der Waals surface area contributed by atoms with Crippen molar-refractivity contribution < 1.29 is 14.3 Å². The molecule has 4 N–H and O–H groups in total. The van der Waals surface area contributed by atoms with Gasteiger partial charge in [0.1, 0.15) is 5.75 Å². The molecule has 0 spiro atoms. The molecule has 1 aromatic carbocycles. The van der Waals surface area contributed by atoms with Crippen molar-refractivity contribution in [2.45, 2.75) is 32.2 Å². The lowest BCUT2D eigenvalue weighted by atomic mass is 10.2. The van der Waals surface area contributed by atoms with Crippen molar-refractivity contribution in [3.05, 3.63) is 23.2 Å². The number of benzene rings is 1. The number of hydrogen-bond donors (Lipinski definition) is 3. The van der Waals surface area contributed by atoms with E-state index in [2.05, 4.69) is 10.6 Å². The third-order valence-corrected chi connectivity index (χ3v) is 3.17. The summed E-state index contributed by atoms with van der Waals surface area (Å²) >= 11 is 5.89. The highest BCUT2D eigenvalue weighted by atomic mass is 35.5. The molecule has 22 heavy (non-hydrogen) atoms. The van der Waals surface area contributed by atoms with E-state index in [1.807, 2.05) is 6.92 Å². The molecule has 1 rings (SSSR count). The summed E-state index contributed by atoms with van der Waals surface area (Å²) in [5.74, 6) is 0.192. The van der Waals surface area contributed by atoms with Gasteiger partial charge in [0, 0.05) is 30.5 Å². The molecule has 0 radical (unpaired) electrons. The van der Waals surface area contributed by atoms with Gasteiger partial charge >= 0.3 is 0 Å². The number of methoxy groups -OCH3 is 1. The smallest absolute Gasteiger partial charge is 0.226 e. The molecule has 7 heteroatoms. The molecule has 1 unspecified atom stereocenters. The van der Waals surface area contributed by atoms with E-state index in [-0.39, 0.29) is 30.8 Å². The number of carbonyl (C=O) groups excluding carboxylic acids is 2. The van der Waals surface area contributed by atoms with E-state index in [0.717, 1.165) is 0 Å². The summed E-state index contributed by atoms with van der Waals surface area (Å²) in [5, 5.41) is 5.89. The van der Waals surface area contributed by atoms with Crippen molar-refractivity contribution in [2.24, 2.45) is 5.73 Å². The molecule has 0 bridgehead atoms. The van der Waals surface area contributed by atoms with Crippen LogP contribution >= 0.6 is 11.6 Å². The van der Waals surface area contributed by atoms with Crippen LogP contribution in [0.1, 0.15) is 26.2 Å². The molecule has 0 heterocycles. The minimum atomic E-state index is -0.229. The van der Waals surface area contributed by atoms with Gasteiger partial charge in [-0.3, -0.25) is 9.59 Å². The molecule has 1 aromatic rings. The fraction of sp³-hybridized carbons (Fsp3) is 0.467. The van der Waals surface area contributed by atoms with Crippen LogP contribution in [0.4, 0.5) is 5.69 Å². The van der Waals surface area contributed by atoms with E-state index in [4.69, 9.17) is 22.1 Å². The number of nitrogens with two attached hydrogens (primary N) is 1. The number of hydrogen-bond acceptors (Lipinski definition) is 4. The van der Waals surface area contributed by atoms with Crippen molar-refractivity contribution in [1.29, 1.82) is 0 Å². The summed E-state index contributed by atoms with van der Waals surface area (Å²) in [7, 11) is 1.51. The minimum absolute atomic E-state index is 0.00987. The zero-order valence-corrected chi connectivity index (χ0v) is 13.6. The van der Waals surface area contributed by atoms with Crippen LogP contribution in [0.25, 0.3) is 0 Å². The van der Waals surface area contributed by atoms with Gasteiger partial charge in [0.15, 0.2) is 0 Å². The van der Waals surface area contributed by atoms with E-state index >= 15 is 0 Å². The van der Waals surface area contributed by atoms with E-state index in [0.29, 0.717) is 29.3 Å². The Kier molecular flexibility index (Phi) is 7.70. The number of rotatable bonds is 8. The Morgan fingerprint density at radius 1 is 1.32 bits per heavy atom. The van der Waals surface area contributed by atoms with Crippen molar-refractivity contribution in [1.82, 2.24) is 5.32 Å². The Balaban J connectivity index is 2.38. The average Bonchev–Trinajstić information content (AvgIpc) is 2.45. The van der Waals surface area contributed by atoms with Gasteiger partial charge in [0.2, 0.25) is 11.8 Å². The highest BCUT2D eigenvalue weighted by molar-refractivity contribution is 6.31. The summed E-state index contributed by atoms with van der Waals surface area (Å²) in [6.45, 7) is 2.12. The number of halogens is 1. The van der Waals surface area contributed by atoms with Gasteiger partial charge in [0.25, 0.3) is 0 Å². The Morgan fingerprint density at radius 2 is 2.05 bits per heavy atom.